The molecule has 0 atom stereocenters. The van der Waals surface area contributed by atoms with Crippen LogP contribution in [-0.4, -0.2) is 11.1 Å². The normalized spacial score (nSPS) is 9.00. The van der Waals surface area contributed by atoms with E-state index in [-0.39, 0.29) is 0 Å². The van der Waals surface area contributed by atoms with Gasteiger partial charge in [-0.05, 0) is 11.6 Å². The Hall–Kier alpha value is -2.29. The lowest BCUT2D eigenvalue weighted by molar-refractivity contribution is -0.134. The van der Waals surface area contributed by atoms with Gasteiger partial charge in [0.2, 0.25) is 0 Å². The molecule has 0 aliphatic rings. The molecule has 2 aromatic carbocycles. The lowest BCUT2D eigenvalue weighted by atomic mass is 10.0. The highest BCUT2D eigenvalue weighted by atomic mass is 16.4. The lowest BCUT2D eigenvalue weighted by Crippen LogP contribution is -1.88. The molecule has 2 aromatic rings. The molecule has 0 unspecified atom stereocenters. The summed E-state index contributed by atoms with van der Waals surface area (Å²) in [4.78, 5) is 9.00. The van der Waals surface area contributed by atoms with Gasteiger partial charge in [0.15, 0.2) is 0 Å². The Balaban J connectivity index is 0.000000317. The number of carboxylic acid groups (broad SMARTS) is 1. The van der Waals surface area contributed by atoms with E-state index in [0.29, 0.717) is 0 Å². The highest BCUT2D eigenvalue weighted by Gasteiger charge is 1.98. The van der Waals surface area contributed by atoms with Gasteiger partial charge in [0.05, 0.1) is 0 Å². The summed E-state index contributed by atoms with van der Waals surface area (Å²) in [6, 6.07) is 18.1. The predicted octanol–water partition coefficient (Wildman–Crippen LogP) is 3.03. The fourth-order valence-corrected chi connectivity index (χ4v) is 1.38. The number of benzene rings is 2. The van der Waals surface area contributed by atoms with E-state index in [1.165, 1.54) is 5.56 Å². The van der Waals surface area contributed by atoms with Crippen molar-refractivity contribution in [1.82, 2.24) is 0 Å². The van der Waals surface area contributed by atoms with Gasteiger partial charge >= 0.3 is 0 Å². The van der Waals surface area contributed by atoms with Crippen molar-refractivity contribution >= 4 is 11.7 Å². The van der Waals surface area contributed by atoms with E-state index in [0.717, 1.165) is 18.2 Å². The monoisotopic (exact) mass is 229 g/mol. The molecule has 0 fully saturated rings. The van der Waals surface area contributed by atoms with Gasteiger partial charge in [0, 0.05) is 18.2 Å². The Labute approximate surface area is 101 Å². The number of hydrogen-bond donors (Lipinski definition) is 2. The smallest absolute Gasteiger partial charge is 0.300 e. The molecule has 88 valence electrons. The van der Waals surface area contributed by atoms with Crippen LogP contribution >= 0.6 is 0 Å². The summed E-state index contributed by atoms with van der Waals surface area (Å²) in [7, 11) is 0. The van der Waals surface area contributed by atoms with Crippen LogP contribution < -0.4 is 5.73 Å². The first-order valence-electron chi connectivity index (χ1n) is 5.20. The van der Waals surface area contributed by atoms with Crippen molar-refractivity contribution < 1.29 is 9.90 Å². The van der Waals surface area contributed by atoms with Crippen LogP contribution in [0.5, 0.6) is 0 Å². The Morgan fingerprint density at radius 2 is 1.47 bits per heavy atom. The zero-order chi connectivity index (χ0) is 12.7. The molecule has 0 spiro atoms. The standard InChI is InChI=1S/C12H11N.C2H4O2/c13-12-9-5-4-8-11(12)10-6-2-1-3-7-10;1-2(3)4/h1-9H,13H2;1H3,(H,3,4). The van der Waals surface area contributed by atoms with E-state index in [1.54, 1.807) is 0 Å². The number of para-hydroxylation sites is 1. The molecule has 0 heterocycles. The molecule has 0 radical (unpaired) electrons. The lowest BCUT2D eigenvalue weighted by Gasteiger charge is -2.03. The minimum Gasteiger partial charge on any atom is -0.481 e. The summed E-state index contributed by atoms with van der Waals surface area (Å²) in [5, 5.41) is 7.42. The molecule has 0 aromatic heterocycles. The van der Waals surface area contributed by atoms with E-state index in [4.69, 9.17) is 15.6 Å². The van der Waals surface area contributed by atoms with Crippen LogP contribution in [0.4, 0.5) is 5.69 Å². The SMILES string of the molecule is CC(=O)O.Nc1ccccc1-c1ccccc1. The quantitative estimate of drug-likeness (QED) is 0.739. The second kappa shape index (κ2) is 6.33. The third-order valence-corrected chi connectivity index (χ3v) is 2.05. The summed E-state index contributed by atoms with van der Waals surface area (Å²) in [6.07, 6.45) is 0. The first-order valence-corrected chi connectivity index (χ1v) is 5.20. The van der Waals surface area contributed by atoms with Gasteiger partial charge in [0.25, 0.3) is 5.97 Å². The fraction of sp³-hybridized carbons (Fsp3) is 0.0714. The molecule has 3 heteroatoms. The van der Waals surface area contributed by atoms with Crippen molar-refractivity contribution in [3.05, 3.63) is 54.6 Å². The third kappa shape index (κ3) is 4.38. The topological polar surface area (TPSA) is 63.3 Å². The van der Waals surface area contributed by atoms with Crippen molar-refractivity contribution in [2.45, 2.75) is 6.92 Å². The zero-order valence-corrected chi connectivity index (χ0v) is 9.63. The summed E-state index contributed by atoms with van der Waals surface area (Å²) >= 11 is 0. The van der Waals surface area contributed by atoms with E-state index in [2.05, 4.69) is 12.1 Å². The first kappa shape index (κ1) is 12.8. The fourth-order valence-electron chi connectivity index (χ4n) is 1.38. The van der Waals surface area contributed by atoms with Crippen LogP contribution in [0.3, 0.4) is 0 Å². The average Bonchev–Trinajstić information content (AvgIpc) is 2.30. The van der Waals surface area contributed by atoms with Gasteiger partial charge < -0.3 is 10.8 Å². The van der Waals surface area contributed by atoms with Gasteiger partial charge in [-0.2, -0.15) is 0 Å². The van der Waals surface area contributed by atoms with Crippen LogP contribution in [0, 0.1) is 0 Å². The number of rotatable bonds is 1. The third-order valence-electron chi connectivity index (χ3n) is 2.05. The molecule has 0 saturated carbocycles. The number of hydrogen-bond acceptors (Lipinski definition) is 2. The van der Waals surface area contributed by atoms with Crippen LogP contribution in [0.2, 0.25) is 0 Å². The molecular weight excluding hydrogens is 214 g/mol. The van der Waals surface area contributed by atoms with Crippen molar-refractivity contribution in [3.63, 3.8) is 0 Å². The second-order valence-corrected chi connectivity index (χ2v) is 3.47. The van der Waals surface area contributed by atoms with Crippen LogP contribution in [0.25, 0.3) is 11.1 Å². The van der Waals surface area contributed by atoms with Crippen molar-refractivity contribution in [2.24, 2.45) is 0 Å². The van der Waals surface area contributed by atoms with Gasteiger partial charge in [-0.1, -0.05) is 48.5 Å². The highest BCUT2D eigenvalue weighted by molar-refractivity contribution is 5.75. The summed E-state index contributed by atoms with van der Waals surface area (Å²) in [6.45, 7) is 1.08. The minimum atomic E-state index is -0.833. The van der Waals surface area contributed by atoms with E-state index < -0.39 is 5.97 Å². The Morgan fingerprint density at radius 3 is 2.00 bits per heavy atom. The number of nitrogens with two attached hydrogens (primary N) is 1. The first-order chi connectivity index (χ1) is 8.11. The minimum absolute atomic E-state index is 0.828. The number of nitrogen functional groups attached to an aromatic ring is 1. The van der Waals surface area contributed by atoms with Gasteiger partial charge in [-0.3, -0.25) is 4.79 Å². The molecule has 0 bridgehead atoms. The summed E-state index contributed by atoms with van der Waals surface area (Å²) in [5.74, 6) is -0.833. The van der Waals surface area contributed by atoms with Gasteiger partial charge in [-0.25, -0.2) is 0 Å². The largest absolute Gasteiger partial charge is 0.481 e. The van der Waals surface area contributed by atoms with E-state index in [9.17, 15) is 0 Å². The number of aliphatic carboxylic acids is 1. The Bertz CT molecular complexity index is 477. The maximum absolute atomic E-state index is 9.00. The molecule has 0 saturated heterocycles. The summed E-state index contributed by atoms with van der Waals surface area (Å²) in [5.41, 5.74) is 8.95. The number of carbonyl (C=O) groups is 1. The Kier molecular flexibility index (Phi) is 4.76. The molecule has 17 heavy (non-hydrogen) atoms. The molecule has 0 aliphatic heterocycles. The predicted molar refractivity (Wildman–Crippen MR) is 69.6 cm³/mol. The average molecular weight is 229 g/mol. The maximum Gasteiger partial charge on any atom is 0.300 e. The molecule has 2 rings (SSSR count). The van der Waals surface area contributed by atoms with Crippen molar-refractivity contribution in [1.29, 1.82) is 0 Å². The Morgan fingerprint density at radius 1 is 1.00 bits per heavy atom. The van der Waals surface area contributed by atoms with Gasteiger partial charge in [-0.15, -0.1) is 0 Å². The van der Waals surface area contributed by atoms with Crippen LogP contribution in [0.1, 0.15) is 6.92 Å². The van der Waals surface area contributed by atoms with Crippen molar-refractivity contribution in [3.8, 4) is 11.1 Å². The van der Waals surface area contributed by atoms with Crippen LogP contribution in [-0.2, 0) is 4.79 Å². The van der Waals surface area contributed by atoms with E-state index in [1.807, 2.05) is 42.5 Å². The highest BCUT2D eigenvalue weighted by Crippen LogP contribution is 2.24. The molecular formula is C14H15NO2. The summed E-state index contributed by atoms with van der Waals surface area (Å²) < 4.78 is 0. The maximum atomic E-state index is 9.00. The van der Waals surface area contributed by atoms with Crippen LogP contribution in [0.15, 0.2) is 54.6 Å². The molecule has 0 aliphatic carbocycles. The molecule has 3 nitrogen and oxygen atoms in total. The molecule has 3 N–H and O–H groups in total. The van der Waals surface area contributed by atoms with E-state index >= 15 is 0 Å². The number of carboxylic acids is 1. The van der Waals surface area contributed by atoms with Gasteiger partial charge in [0.1, 0.15) is 0 Å². The number of anilines is 1. The second-order valence-electron chi connectivity index (χ2n) is 3.47. The molecule has 0 amide bonds. The van der Waals surface area contributed by atoms with Crippen molar-refractivity contribution in [2.75, 3.05) is 5.73 Å². The zero-order valence-electron chi connectivity index (χ0n) is 9.63.